The highest BCUT2D eigenvalue weighted by molar-refractivity contribution is 5.50. The van der Waals surface area contributed by atoms with Crippen LogP contribution in [0.1, 0.15) is 88.3 Å². The molecule has 1 saturated carbocycles. The van der Waals surface area contributed by atoms with Crippen LogP contribution in [0.25, 0.3) is 0 Å². The maximum atomic E-state index is 6.26. The van der Waals surface area contributed by atoms with Crippen molar-refractivity contribution in [2.24, 2.45) is 5.73 Å². The molecule has 0 radical (unpaired) electrons. The summed E-state index contributed by atoms with van der Waals surface area (Å²) < 4.78 is 5.78. The summed E-state index contributed by atoms with van der Waals surface area (Å²) in [6, 6.07) is 4.76. The first-order valence-corrected chi connectivity index (χ1v) is 8.87. The second kappa shape index (κ2) is 7.04. The van der Waals surface area contributed by atoms with Crippen molar-refractivity contribution in [1.29, 1.82) is 0 Å². The maximum absolute atomic E-state index is 6.26. The molecule has 2 N–H and O–H groups in total. The Balaban J connectivity index is 2.60. The van der Waals surface area contributed by atoms with Crippen LogP contribution in [-0.4, -0.2) is 13.7 Å². The normalized spacial score (nSPS) is 18.0. The summed E-state index contributed by atoms with van der Waals surface area (Å²) in [5, 5.41) is 0. The van der Waals surface area contributed by atoms with Crippen LogP contribution in [0, 0.1) is 0 Å². The van der Waals surface area contributed by atoms with E-state index in [1.54, 1.807) is 7.11 Å². The lowest BCUT2D eigenvalue weighted by atomic mass is 9.68. The van der Waals surface area contributed by atoms with Crippen LogP contribution in [0.2, 0.25) is 0 Å². The summed E-state index contributed by atoms with van der Waals surface area (Å²) in [6.07, 6.45) is 6.41. The van der Waals surface area contributed by atoms with E-state index in [1.165, 1.54) is 48.8 Å². The molecular weight excluding hydrogens is 270 g/mol. The zero-order valence-electron chi connectivity index (χ0n) is 15.0. The van der Waals surface area contributed by atoms with E-state index in [1.807, 2.05) is 0 Å². The molecule has 0 unspecified atom stereocenters. The number of rotatable bonds is 5. The Morgan fingerprint density at radius 3 is 1.86 bits per heavy atom. The average molecular weight is 303 g/mol. The molecule has 2 rings (SSSR count). The highest BCUT2D eigenvalue weighted by Gasteiger charge is 2.34. The van der Waals surface area contributed by atoms with E-state index in [0.717, 1.165) is 12.3 Å². The van der Waals surface area contributed by atoms with Gasteiger partial charge in [-0.2, -0.15) is 0 Å². The van der Waals surface area contributed by atoms with Gasteiger partial charge in [0.15, 0.2) is 0 Å². The Hall–Kier alpha value is -1.02. The third-order valence-corrected chi connectivity index (χ3v) is 5.41. The topological polar surface area (TPSA) is 35.2 Å². The molecule has 0 atom stereocenters. The minimum absolute atomic E-state index is 0.178. The van der Waals surface area contributed by atoms with Crippen molar-refractivity contribution in [2.45, 2.75) is 77.0 Å². The molecule has 124 valence electrons. The lowest BCUT2D eigenvalue weighted by molar-refractivity contribution is 0.299. The van der Waals surface area contributed by atoms with E-state index >= 15 is 0 Å². The van der Waals surface area contributed by atoms with Crippen molar-refractivity contribution in [1.82, 2.24) is 0 Å². The fourth-order valence-electron chi connectivity index (χ4n) is 3.91. The van der Waals surface area contributed by atoms with E-state index in [2.05, 4.69) is 39.8 Å². The number of methoxy groups -OCH3 is 1. The first kappa shape index (κ1) is 17.3. The Morgan fingerprint density at radius 2 is 1.50 bits per heavy atom. The summed E-state index contributed by atoms with van der Waals surface area (Å²) >= 11 is 0. The van der Waals surface area contributed by atoms with Gasteiger partial charge in [0.25, 0.3) is 0 Å². The lowest BCUT2D eigenvalue weighted by Gasteiger charge is -2.38. The van der Waals surface area contributed by atoms with E-state index in [4.69, 9.17) is 10.5 Å². The van der Waals surface area contributed by atoms with Crippen molar-refractivity contribution < 1.29 is 4.74 Å². The van der Waals surface area contributed by atoms with E-state index in [-0.39, 0.29) is 5.41 Å². The molecule has 0 bridgehead atoms. The number of benzene rings is 1. The number of hydrogen-bond donors (Lipinski definition) is 1. The van der Waals surface area contributed by atoms with Gasteiger partial charge in [-0.15, -0.1) is 0 Å². The van der Waals surface area contributed by atoms with Crippen molar-refractivity contribution in [3.63, 3.8) is 0 Å². The maximum Gasteiger partial charge on any atom is 0.125 e. The van der Waals surface area contributed by atoms with Crippen LogP contribution in [0.15, 0.2) is 12.1 Å². The predicted molar refractivity (Wildman–Crippen MR) is 95.0 cm³/mol. The van der Waals surface area contributed by atoms with Crippen molar-refractivity contribution >= 4 is 0 Å². The van der Waals surface area contributed by atoms with Gasteiger partial charge in [0.2, 0.25) is 0 Å². The van der Waals surface area contributed by atoms with Gasteiger partial charge < -0.3 is 10.5 Å². The second-order valence-corrected chi connectivity index (χ2v) is 7.54. The second-order valence-electron chi connectivity index (χ2n) is 7.54. The highest BCUT2D eigenvalue weighted by atomic mass is 16.5. The number of ether oxygens (including phenoxy) is 1. The quantitative estimate of drug-likeness (QED) is 0.821. The van der Waals surface area contributed by atoms with Crippen LogP contribution >= 0.6 is 0 Å². The van der Waals surface area contributed by atoms with E-state index in [9.17, 15) is 0 Å². The fourth-order valence-corrected chi connectivity index (χ4v) is 3.91. The Morgan fingerprint density at radius 1 is 1.00 bits per heavy atom. The molecule has 0 aliphatic heterocycles. The van der Waals surface area contributed by atoms with Gasteiger partial charge in [-0.05, 0) is 41.4 Å². The molecule has 1 fully saturated rings. The molecule has 22 heavy (non-hydrogen) atoms. The fraction of sp³-hybridized carbons (Fsp3) is 0.700. The van der Waals surface area contributed by atoms with Crippen LogP contribution < -0.4 is 10.5 Å². The summed E-state index contributed by atoms with van der Waals surface area (Å²) in [4.78, 5) is 0. The third kappa shape index (κ3) is 3.17. The molecule has 2 heteroatoms. The summed E-state index contributed by atoms with van der Waals surface area (Å²) in [6.45, 7) is 9.77. The third-order valence-electron chi connectivity index (χ3n) is 5.41. The first-order chi connectivity index (χ1) is 10.4. The van der Waals surface area contributed by atoms with Crippen molar-refractivity contribution in [2.75, 3.05) is 13.7 Å². The predicted octanol–water partition coefficient (Wildman–Crippen LogP) is 5.10. The molecule has 1 aliphatic carbocycles. The van der Waals surface area contributed by atoms with Gasteiger partial charge in [0.1, 0.15) is 5.75 Å². The molecule has 0 saturated heterocycles. The number of hydrogen-bond acceptors (Lipinski definition) is 2. The first-order valence-electron chi connectivity index (χ1n) is 8.87. The molecule has 1 aromatic carbocycles. The van der Waals surface area contributed by atoms with Gasteiger partial charge in [-0.3, -0.25) is 0 Å². The highest BCUT2D eigenvalue weighted by Crippen LogP contribution is 2.43. The molecule has 1 aromatic rings. The Bertz CT molecular complexity index is 469. The van der Waals surface area contributed by atoms with E-state index in [0.29, 0.717) is 11.8 Å². The molecule has 0 heterocycles. The van der Waals surface area contributed by atoms with Crippen LogP contribution in [0.5, 0.6) is 5.75 Å². The molecule has 2 nitrogen and oxygen atoms in total. The van der Waals surface area contributed by atoms with Gasteiger partial charge >= 0.3 is 0 Å². The van der Waals surface area contributed by atoms with Crippen LogP contribution in [0.4, 0.5) is 0 Å². The van der Waals surface area contributed by atoms with Crippen molar-refractivity contribution in [3.05, 3.63) is 28.8 Å². The molecule has 0 aromatic heterocycles. The van der Waals surface area contributed by atoms with E-state index < -0.39 is 0 Å². The van der Waals surface area contributed by atoms with Crippen LogP contribution in [0.3, 0.4) is 0 Å². The standard InChI is InChI=1S/C20H33NO/c1-14(2)17-11-16(12-18(15(3)4)19(17)22-5)20(13-21)9-7-6-8-10-20/h11-12,14-15H,6-10,13,21H2,1-5H3. The SMILES string of the molecule is COc1c(C(C)C)cc(C2(CN)CCCCC2)cc1C(C)C. The Kier molecular flexibility index (Phi) is 5.55. The van der Waals surface area contributed by atoms with Crippen molar-refractivity contribution in [3.8, 4) is 5.75 Å². The average Bonchev–Trinajstić information content (AvgIpc) is 2.53. The minimum Gasteiger partial charge on any atom is -0.496 e. The number of nitrogens with two attached hydrogens (primary N) is 1. The van der Waals surface area contributed by atoms with Gasteiger partial charge in [-0.1, -0.05) is 59.1 Å². The van der Waals surface area contributed by atoms with Gasteiger partial charge in [0, 0.05) is 12.0 Å². The molecule has 0 amide bonds. The monoisotopic (exact) mass is 303 g/mol. The lowest BCUT2D eigenvalue weighted by Crippen LogP contribution is -2.37. The zero-order valence-corrected chi connectivity index (χ0v) is 15.0. The minimum atomic E-state index is 0.178. The van der Waals surface area contributed by atoms with Gasteiger partial charge in [-0.25, -0.2) is 0 Å². The van der Waals surface area contributed by atoms with Gasteiger partial charge in [0.05, 0.1) is 7.11 Å². The van der Waals surface area contributed by atoms with Crippen LogP contribution in [-0.2, 0) is 5.41 Å². The molecule has 0 spiro atoms. The zero-order chi connectivity index (χ0) is 16.3. The smallest absolute Gasteiger partial charge is 0.125 e. The summed E-state index contributed by atoms with van der Waals surface area (Å²) in [5.41, 5.74) is 10.6. The summed E-state index contributed by atoms with van der Waals surface area (Å²) in [7, 11) is 1.80. The summed E-state index contributed by atoms with van der Waals surface area (Å²) in [5.74, 6) is 2.01. The molecular formula is C20H33NO. The molecule has 1 aliphatic rings. The Labute approximate surface area is 136 Å². The largest absolute Gasteiger partial charge is 0.496 e.